The molecule has 0 rings (SSSR count). The number of hydrogen-bond donors (Lipinski definition) is 1. The van der Waals surface area contributed by atoms with E-state index in [1.54, 1.807) is 0 Å². The van der Waals surface area contributed by atoms with E-state index in [0.717, 1.165) is 0 Å². The van der Waals surface area contributed by atoms with Crippen molar-refractivity contribution in [2.75, 3.05) is 6.61 Å². The van der Waals surface area contributed by atoms with Crippen LogP contribution in [0.5, 0.6) is 0 Å². The Kier molecular flexibility index (Phi) is 9.41. The van der Waals surface area contributed by atoms with Crippen LogP contribution in [0.25, 0.3) is 0 Å². The molecule has 0 aliphatic heterocycles. The second kappa shape index (κ2) is 7.77. The maximum atomic E-state index is 10.1. The molecule has 2 unspecified atom stereocenters. The van der Waals surface area contributed by atoms with E-state index in [0.29, 0.717) is 0 Å². The molecule has 0 saturated heterocycles. The van der Waals surface area contributed by atoms with E-state index in [9.17, 15) is 13.0 Å². The third-order valence-corrected chi connectivity index (χ3v) is 1.41. The van der Waals surface area contributed by atoms with E-state index in [4.69, 9.17) is 5.11 Å². The Morgan fingerprint density at radius 3 is 2.43 bits per heavy atom. The van der Waals surface area contributed by atoms with Crippen LogP contribution in [0.4, 0.5) is 0 Å². The van der Waals surface area contributed by atoms with Gasteiger partial charge in [-0.2, -0.15) is 0 Å². The summed E-state index contributed by atoms with van der Waals surface area (Å²) >= 11 is 0. The minimum absolute atomic E-state index is 0. The molecule has 0 radical (unpaired) electrons. The molecule has 0 aliphatic carbocycles. The van der Waals surface area contributed by atoms with Gasteiger partial charge in [-0.25, -0.2) is 12.6 Å². The molecule has 0 aromatic carbocycles. The molecule has 0 aliphatic rings. The fourth-order valence-corrected chi connectivity index (χ4v) is 0.975. The Labute approximate surface area is 105 Å². The smallest absolute Gasteiger partial charge is 0.725 e. The van der Waals surface area contributed by atoms with Gasteiger partial charge in [-0.15, -0.1) is 6.58 Å². The normalized spacial score (nSPS) is 15.4. The van der Waals surface area contributed by atoms with Crippen LogP contribution in [0, 0.1) is 0 Å². The summed E-state index contributed by atoms with van der Waals surface area (Å²) in [6.07, 6.45) is -1.37. The van der Waals surface area contributed by atoms with Crippen LogP contribution in [-0.4, -0.2) is 37.1 Å². The molecule has 0 aromatic heterocycles. The van der Waals surface area contributed by atoms with Crippen molar-refractivity contribution in [1.82, 2.24) is 0 Å². The molecule has 0 fully saturated rings. The van der Waals surface area contributed by atoms with Gasteiger partial charge in [0.25, 0.3) is 0 Å². The summed E-state index contributed by atoms with van der Waals surface area (Å²) < 4.78 is 38.9. The first-order valence-electron chi connectivity index (χ1n) is 3.41. The van der Waals surface area contributed by atoms with E-state index in [1.807, 2.05) is 0 Å². The molecule has 0 aromatic rings. The third-order valence-electron chi connectivity index (χ3n) is 0.985. The molecule has 0 spiro atoms. The van der Waals surface area contributed by atoms with Crippen LogP contribution in [-0.2, 0) is 19.3 Å². The van der Waals surface area contributed by atoms with Gasteiger partial charge in [-0.3, -0.25) is 0 Å². The van der Waals surface area contributed by atoms with Crippen molar-refractivity contribution in [3.63, 3.8) is 0 Å². The molecule has 2 atom stereocenters. The van der Waals surface area contributed by atoms with E-state index in [1.165, 1.54) is 13.0 Å². The second-order valence-electron chi connectivity index (χ2n) is 2.24. The average Bonchev–Trinajstić information content (AvgIpc) is 1.95. The average molecular weight is 234 g/mol. The quantitative estimate of drug-likeness (QED) is 0.167. The molecule has 78 valence electrons. The summed E-state index contributed by atoms with van der Waals surface area (Å²) in [5.41, 5.74) is 0. The van der Waals surface area contributed by atoms with Crippen molar-refractivity contribution in [1.29, 1.82) is 0 Å². The molecule has 0 amide bonds. The Morgan fingerprint density at radius 2 is 2.14 bits per heavy atom. The van der Waals surface area contributed by atoms with Crippen LogP contribution >= 0.6 is 0 Å². The van der Waals surface area contributed by atoms with Crippen molar-refractivity contribution >= 4 is 10.4 Å². The zero-order chi connectivity index (χ0) is 10.5. The number of aliphatic hydroxyl groups is 1. The molecular weight excluding hydrogens is 223 g/mol. The summed E-state index contributed by atoms with van der Waals surface area (Å²) in [6, 6.07) is 0. The maximum Gasteiger partial charge on any atom is 1.00 e. The Hall–Kier alpha value is 0.530. The zero-order valence-corrected chi connectivity index (χ0v) is 10.9. The van der Waals surface area contributed by atoms with Gasteiger partial charge < -0.3 is 14.4 Å². The second-order valence-corrected chi connectivity index (χ2v) is 3.24. The van der Waals surface area contributed by atoms with Gasteiger partial charge in [0.15, 0.2) is 6.29 Å². The van der Waals surface area contributed by atoms with Crippen LogP contribution < -0.4 is 29.6 Å². The van der Waals surface area contributed by atoms with E-state index >= 15 is 0 Å². The molecule has 0 saturated carbocycles. The van der Waals surface area contributed by atoms with E-state index in [-0.39, 0.29) is 36.2 Å². The SMILES string of the molecule is C=CCOC(OS(=O)(=O)[O-])C(C)O.[Na+]. The number of ether oxygens (including phenoxy) is 1. The number of hydrogen-bond acceptors (Lipinski definition) is 6. The first-order chi connectivity index (χ1) is 5.87. The molecule has 0 bridgehead atoms. The van der Waals surface area contributed by atoms with E-state index in [2.05, 4.69) is 15.5 Å². The van der Waals surface area contributed by atoms with Crippen molar-refractivity contribution in [3.05, 3.63) is 12.7 Å². The Balaban J connectivity index is 0. The molecule has 14 heavy (non-hydrogen) atoms. The molecule has 8 heteroatoms. The van der Waals surface area contributed by atoms with Gasteiger partial charge in [-0.05, 0) is 6.92 Å². The van der Waals surface area contributed by atoms with Gasteiger partial charge in [0, 0.05) is 0 Å². The summed E-state index contributed by atoms with van der Waals surface area (Å²) in [6.45, 7) is 4.51. The molecule has 6 nitrogen and oxygen atoms in total. The largest absolute Gasteiger partial charge is 1.00 e. The first-order valence-corrected chi connectivity index (χ1v) is 4.75. The van der Waals surface area contributed by atoms with Crippen LogP contribution in [0.1, 0.15) is 6.92 Å². The molecule has 0 heterocycles. The van der Waals surface area contributed by atoms with Crippen LogP contribution in [0.3, 0.4) is 0 Å². The first kappa shape index (κ1) is 16.9. The van der Waals surface area contributed by atoms with Crippen molar-refractivity contribution in [2.24, 2.45) is 0 Å². The van der Waals surface area contributed by atoms with Crippen LogP contribution in [0.2, 0.25) is 0 Å². The summed E-state index contributed by atoms with van der Waals surface area (Å²) in [4.78, 5) is 0. The Bertz CT molecular complexity index is 249. The fourth-order valence-electron chi connectivity index (χ4n) is 0.526. The number of aliphatic hydroxyl groups excluding tert-OH is 1. The monoisotopic (exact) mass is 234 g/mol. The van der Waals surface area contributed by atoms with Crippen molar-refractivity contribution in [2.45, 2.75) is 19.3 Å². The topological polar surface area (TPSA) is 95.9 Å². The van der Waals surface area contributed by atoms with Gasteiger partial charge >= 0.3 is 29.6 Å². The fraction of sp³-hybridized carbons (Fsp3) is 0.667. The summed E-state index contributed by atoms with van der Waals surface area (Å²) in [5, 5.41) is 8.91. The van der Waals surface area contributed by atoms with Crippen LogP contribution in [0.15, 0.2) is 12.7 Å². The minimum Gasteiger partial charge on any atom is -0.725 e. The van der Waals surface area contributed by atoms with Crippen molar-refractivity contribution < 1.29 is 56.6 Å². The minimum atomic E-state index is -4.87. The number of rotatable bonds is 6. The van der Waals surface area contributed by atoms with Gasteiger partial charge in [-0.1, -0.05) is 6.08 Å². The molecular formula is C6H11NaO6S. The Morgan fingerprint density at radius 1 is 1.64 bits per heavy atom. The molecule has 1 N–H and O–H groups in total. The van der Waals surface area contributed by atoms with Gasteiger partial charge in [0.1, 0.15) is 6.10 Å². The third kappa shape index (κ3) is 9.10. The van der Waals surface area contributed by atoms with E-state index < -0.39 is 22.8 Å². The summed E-state index contributed by atoms with van der Waals surface area (Å²) in [7, 11) is -4.87. The maximum absolute atomic E-state index is 10.1. The summed E-state index contributed by atoms with van der Waals surface area (Å²) in [5.74, 6) is 0. The predicted molar refractivity (Wildman–Crippen MR) is 42.4 cm³/mol. The zero-order valence-electron chi connectivity index (χ0n) is 8.04. The van der Waals surface area contributed by atoms with Gasteiger partial charge in [0.2, 0.25) is 10.4 Å². The predicted octanol–water partition coefficient (Wildman–Crippen LogP) is -3.62. The standard InChI is InChI=1S/C6H12O6S.Na/c1-3-4-11-6(5(2)7)12-13(8,9)10;/h3,5-7H,1,4H2,2H3,(H,8,9,10);/q;+1/p-1. The van der Waals surface area contributed by atoms with Gasteiger partial charge in [0.05, 0.1) is 6.61 Å². The van der Waals surface area contributed by atoms with Crippen molar-refractivity contribution in [3.8, 4) is 0 Å².